The minimum atomic E-state index is -0.0544. The first-order valence-electron chi connectivity index (χ1n) is 10.4. The fourth-order valence-electron chi connectivity index (χ4n) is 8.78. The quantitative estimate of drug-likeness (QED) is 0.570. The van der Waals surface area contributed by atoms with E-state index >= 15 is 0 Å². The second-order valence-electron chi connectivity index (χ2n) is 9.80. The molecule has 7 rings (SSSR count). The zero-order chi connectivity index (χ0) is 17.0. The van der Waals surface area contributed by atoms with Crippen LogP contribution in [0.15, 0.2) is 5.16 Å². The second-order valence-corrected chi connectivity index (χ2v) is 9.80. The van der Waals surface area contributed by atoms with Gasteiger partial charge in [-0.05, 0) is 62.2 Å². The zero-order valence-corrected chi connectivity index (χ0v) is 15.4. The minimum Gasteiger partial charge on any atom is -0.399 e. The molecular formula is C21H29NO3. The summed E-state index contributed by atoms with van der Waals surface area (Å²) in [5.41, 5.74) is 1.23. The standard InChI is InChI=1S/C21H29NO3/c1-11-12-8-15-19(23)21-6-3-4-13(16-10-25-16)14(21)5-7-20(15,17(21)9-12)18(11)22-24-2/h11-17H,3-10H2,1-2H3/b22-18+. The van der Waals surface area contributed by atoms with Gasteiger partial charge in [0.2, 0.25) is 0 Å². The Hall–Kier alpha value is -0.900. The van der Waals surface area contributed by atoms with E-state index in [1.165, 1.54) is 31.4 Å². The lowest BCUT2D eigenvalue weighted by atomic mass is 9.41. The molecule has 9 atom stereocenters. The second kappa shape index (κ2) is 4.68. The van der Waals surface area contributed by atoms with E-state index in [1.807, 2.05) is 0 Å². The highest BCUT2D eigenvalue weighted by atomic mass is 16.6. The van der Waals surface area contributed by atoms with Gasteiger partial charge in [0.1, 0.15) is 12.9 Å². The van der Waals surface area contributed by atoms with Gasteiger partial charge >= 0.3 is 0 Å². The molecule has 4 nitrogen and oxygen atoms in total. The van der Waals surface area contributed by atoms with Crippen molar-refractivity contribution in [2.24, 2.45) is 51.5 Å². The smallest absolute Gasteiger partial charge is 0.143 e. The Labute approximate surface area is 149 Å². The van der Waals surface area contributed by atoms with Crippen molar-refractivity contribution in [3.05, 3.63) is 0 Å². The topological polar surface area (TPSA) is 51.2 Å². The number of carbonyl (C=O) groups excluding carboxylic acids is 1. The lowest BCUT2D eigenvalue weighted by Gasteiger charge is -2.61. The summed E-state index contributed by atoms with van der Waals surface area (Å²) < 4.78 is 5.73. The van der Waals surface area contributed by atoms with Crippen molar-refractivity contribution in [3.63, 3.8) is 0 Å². The van der Waals surface area contributed by atoms with Gasteiger partial charge in [-0.25, -0.2) is 0 Å². The third-order valence-electron chi connectivity index (χ3n) is 9.53. The Morgan fingerprint density at radius 1 is 1.20 bits per heavy atom. The van der Waals surface area contributed by atoms with E-state index in [9.17, 15) is 4.79 Å². The molecule has 0 aromatic carbocycles. The summed E-state index contributed by atoms with van der Waals surface area (Å²) in [5, 5.41) is 4.57. The fourth-order valence-corrected chi connectivity index (χ4v) is 8.78. The molecular weight excluding hydrogens is 314 g/mol. The van der Waals surface area contributed by atoms with Gasteiger partial charge in [0, 0.05) is 22.7 Å². The Balaban J connectivity index is 1.52. The van der Waals surface area contributed by atoms with E-state index in [2.05, 4.69) is 12.1 Å². The van der Waals surface area contributed by atoms with Gasteiger partial charge in [0.05, 0.1) is 18.4 Å². The van der Waals surface area contributed by atoms with Crippen LogP contribution in [0.3, 0.4) is 0 Å². The molecule has 4 heteroatoms. The monoisotopic (exact) mass is 343 g/mol. The normalized spacial score (nSPS) is 59.8. The molecule has 1 saturated heterocycles. The largest absolute Gasteiger partial charge is 0.399 e. The van der Waals surface area contributed by atoms with Crippen molar-refractivity contribution in [2.45, 2.75) is 58.0 Å². The van der Waals surface area contributed by atoms with Crippen LogP contribution in [0, 0.1) is 46.3 Å². The first kappa shape index (κ1) is 15.2. The Morgan fingerprint density at radius 2 is 2.04 bits per heavy atom. The molecule has 7 fully saturated rings. The van der Waals surface area contributed by atoms with Gasteiger partial charge in [0.25, 0.3) is 0 Å². The molecule has 0 N–H and O–H groups in total. The number of Topliss-reactive ketones (excluding diaryl/α,β-unsaturated/α-hetero) is 1. The van der Waals surface area contributed by atoms with E-state index < -0.39 is 0 Å². The molecule has 0 amide bonds. The SMILES string of the molecule is CO/N=C1\C(C)C2CC3C(=O)C45CCCC(C6CO6)C4CCC13C5C2. The molecule has 1 heterocycles. The summed E-state index contributed by atoms with van der Waals surface area (Å²) in [6, 6.07) is 0. The van der Waals surface area contributed by atoms with Crippen LogP contribution in [0.25, 0.3) is 0 Å². The Kier molecular flexibility index (Phi) is 2.84. The number of ketones is 1. The number of fused-ring (bicyclic) bond motifs is 1. The molecule has 0 aromatic heterocycles. The van der Waals surface area contributed by atoms with Crippen molar-refractivity contribution >= 4 is 11.5 Å². The Bertz CT molecular complexity index is 670. The van der Waals surface area contributed by atoms with Crippen LogP contribution >= 0.6 is 0 Å². The van der Waals surface area contributed by atoms with E-state index in [0.29, 0.717) is 41.5 Å². The molecule has 1 aliphatic heterocycles. The highest BCUT2D eigenvalue weighted by molar-refractivity contribution is 6.05. The van der Waals surface area contributed by atoms with E-state index in [-0.39, 0.29) is 16.7 Å². The third-order valence-corrected chi connectivity index (χ3v) is 9.53. The van der Waals surface area contributed by atoms with Crippen molar-refractivity contribution in [1.29, 1.82) is 0 Å². The predicted octanol–water partition coefficient (Wildman–Crippen LogP) is 3.45. The van der Waals surface area contributed by atoms with Crippen molar-refractivity contribution < 1.29 is 14.4 Å². The summed E-state index contributed by atoms with van der Waals surface area (Å²) in [6.07, 6.45) is 8.78. The maximum absolute atomic E-state index is 13.9. The van der Waals surface area contributed by atoms with Gasteiger partial charge < -0.3 is 9.57 Å². The van der Waals surface area contributed by atoms with Gasteiger partial charge in [-0.2, -0.15) is 0 Å². The predicted molar refractivity (Wildman–Crippen MR) is 93.0 cm³/mol. The van der Waals surface area contributed by atoms with E-state index in [0.717, 1.165) is 25.9 Å². The van der Waals surface area contributed by atoms with Crippen molar-refractivity contribution in [3.8, 4) is 0 Å². The molecule has 6 saturated carbocycles. The van der Waals surface area contributed by atoms with Crippen LogP contribution in [0.2, 0.25) is 0 Å². The summed E-state index contributed by atoms with van der Waals surface area (Å²) in [6.45, 7) is 3.26. The van der Waals surface area contributed by atoms with Crippen LogP contribution in [-0.4, -0.2) is 31.3 Å². The van der Waals surface area contributed by atoms with Gasteiger partial charge in [-0.3, -0.25) is 4.79 Å². The maximum atomic E-state index is 13.9. The van der Waals surface area contributed by atoms with Crippen LogP contribution in [0.1, 0.15) is 51.9 Å². The number of nitrogens with zero attached hydrogens (tertiary/aromatic N) is 1. The summed E-state index contributed by atoms with van der Waals surface area (Å²) in [5.74, 6) is 3.70. The molecule has 9 unspecified atom stereocenters. The molecule has 25 heavy (non-hydrogen) atoms. The number of oxime groups is 1. The number of carbonyl (C=O) groups is 1. The molecule has 2 spiro atoms. The molecule has 0 aromatic rings. The lowest BCUT2D eigenvalue weighted by Crippen LogP contribution is -2.61. The maximum Gasteiger partial charge on any atom is 0.143 e. The first-order chi connectivity index (χ1) is 12.1. The molecule has 5 bridgehead atoms. The van der Waals surface area contributed by atoms with E-state index in [4.69, 9.17) is 9.57 Å². The summed E-state index contributed by atoms with van der Waals surface area (Å²) in [7, 11) is 1.67. The third kappa shape index (κ3) is 1.53. The van der Waals surface area contributed by atoms with Crippen LogP contribution in [0.4, 0.5) is 0 Å². The highest BCUT2D eigenvalue weighted by Gasteiger charge is 2.79. The number of rotatable bonds is 2. The average Bonchev–Trinajstić information content (AvgIpc) is 3.46. The number of ether oxygens (including phenoxy) is 1. The molecule has 7 aliphatic rings. The summed E-state index contributed by atoms with van der Waals surface area (Å²) in [4.78, 5) is 19.2. The highest BCUT2D eigenvalue weighted by Crippen LogP contribution is 2.77. The van der Waals surface area contributed by atoms with Gasteiger partial charge in [0.15, 0.2) is 0 Å². The van der Waals surface area contributed by atoms with Gasteiger partial charge in [-0.1, -0.05) is 18.5 Å². The van der Waals surface area contributed by atoms with Crippen molar-refractivity contribution in [1.82, 2.24) is 0 Å². The van der Waals surface area contributed by atoms with Crippen molar-refractivity contribution in [2.75, 3.05) is 13.7 Å². The van der Waals surface area contributed by atoms with E-state index in [1.54, 1.807) is 7.11 Å². The molecule has 136 valence electrons. The van der Waals surface area contributed by atoms with Crippen LogP contribution in [-0.2, 0) is 14.4 Å². The summed E-state index contributed by atoms with van der Waals surface area (Å²) >= 11 is 0. The number of hydrogen-bond acceptors (Lipinski definition) is 4. The molecule has 0 radical (unpaired) electrons. The molecule has 6 aliphatic carbocycles. The average molecular weight is 343 g/mol. The lowest BCUT2D eigenvalue weighted by molar-refractivity contribution is -0.140. The zero-order valence-electron chi connectivity index (χ0n) is 15.4. The Morgan fingerprint density at radius 3 is 2.80 bits per heavy atom. The first-order valence-corrected chi connectivity index (χ1v) is 10.4. The van der Waals surface area contributed by atoms with Gasteiger partial charge in [-0.15, -0.1) is 0 Å². The fraction of sp³-hybridized carbons (Fsp3) is 0.905. The number of hydrogen-bond donors (Lipinski definition) is 0. The van der Waals surface area contributed by atoms with Crippen LogP contribution in [0.5, 0.6) is 0 Å². The minimum absolute atomic E-state index is 0.0318. The number of epoxide rings is 1. The van der Waals surface area contributed by atoms with Crippen LogP contribution < -0.4 is 0 Å².